The van der Waals surface area contributed by atoms with Crippen LogP contribution in [0.5, 0.6) is 0 Å². The zero-order valence-corrected chi connectivity index (χ0v) is 10.2. The van der Waals surface area contributed by atoms with Gasteiger partial charge in [0.2, 0.25) is 0 Å². The second-order valence-electron chi connectivity index (χ2n) is 4.52. The van der Waals surface area contributed by atoms with E-state index in [4.69, 9.17) is 10.5 Å². The molecule has 0 saturated carbocycles. The number of hydrogen-bond acceptors (Lipinski definition) is 3. The average molecular weight is 256 g/mol. The van der Waals surface area contributed by atoms with E-state index in [-0.39, 0.29) is 5.56 Å². The van der Waals surface area contributed by atoms with E-state index in [0.29, 0.717) is 13.2 Å². The highest BCUT2D eigenvalue weighted by molar-refractivity contribution is 5.22. The van der Waals surface area contributed by atoms with Gasteiger partial charge in [-0.3, -0.25) is 4.90 Å². The van der Waals surface area contributed by atoms with Crippen LogP contribution in [0.4, 0.5) is 8.78 Å². The SMILES string of the molecule is NC(CN1CCCOCC1)c1cccc(F)c1F. The second kappa shape index (κ2) is 6.22. The summed E-state index contributed by atoms with van der Waals surface area (Å²) >= 11 is 0. The van der Waals surface area contributed by atoms with Crippen LogP contribution in [0.1, 0.15) is 18.0 Å². The smallest absolute Gasteiger partial charge is 0.163 e. The molecule has 1 unspecified atom stereocenters. The minimum absolute atomic E-state index is 0.236. The minimum Gasteiger partial charge on any atom is -0.380 e. The summed E-state index contributed by atoms with van der Waals surface area (Å²) in [6.07, 6.45) is 0.943. The van der Waals surface area contributed by atoms with Crippen molar-refractivity contribution in [1.29, 1.82) is 0 Å². The summed E-state index contributed by atoms with van der Waals surface area (Å²) in [5.74, 6) is -1.68. The first-order valence-electron chi connectivity index (χ1n) is 6.18. The van der Waals surface area contributed by atoms with Crippen LogP contribution in [0.25, 0.3) is 0 Å². The number of halogens is 2. The Morgan fingerprint density at radius 1 is 1.28 bits per heavy atom. The molecule has 1 aromatic rings. The van der Waals surface area contributed by atoms with Crippen LogP contribution in [-0.4, -0.2) is 37.7 Å². The molecule has 1 heterocycles. The molecule has 100 valence electrons. The van der Waals surface area contributed by atoms with Crippen LogP contribution in [0.3, 0.4) is 0 Å². The molecule has 0 bridgehead atoms. The molecule has 2 N–H and O–H groups in total. The molecule has 18 heavy (non-hydrogen) atoms. The fraction of sp³-hybridized carbons (Fsp3) is 0.538. The third kappa shape index (κ3) is 3.25. The lowest BCUT2D eigenvalue weighted by Gasteiger charge is -2.23. The van der Waals surface area contributed by atoms with Crippen molar-refractivity contribution >= 4 is 0 Å². The Bertz CT molecular complexity index is 393. The minimum atomic E-state index is -0.845. The quantitative estimate of drug-likeness (QED) is 0.894. The lowest BCUT2D eigenvalue weighted by atomic mass is 10.1. The van der Waals surface area contributed by atoms with Crippen LogP contribution in [0.15, 0.2) is 18.2 Å². The van der Waals surface area contributed by atoms with Gasteiger partial charge in [-0.25, -0.2) is 8.78 Å². The standard InChI is InChI=1S/C13H18F2N2O/c14-11-4-1-3-10(13(11)15)12(16)9-17-5-2-7-18-8-6-17/h1,3-4,12H,2,5-9,16H2. The summed E-state index contributed by atoms with van der Waals surface area (Å²) in [7, 11) is 0. The van der Waals surface area contributed by atoms with Crippen molar-refractivity contribution in [3.05, 3.63) is 35.4 Å². The predicted molar refractivity (Wildman–Crippen MR) is 65.2 cm³/mol. The van der Waals surface area contributed by atoms with E-state index < -0.39 is 17.7 Å². The molecule has 0 aromatic heterocycles. The van der Waals surface area contributed by atoms with Crippen LogP contribution in [0, 0.1) is 11.6 Å². The number of hydrogen-bond donors (Lipinski definition) is 1. The molecule has 1 aliphatic rings. The van der Waals surface area contributed by atoms with Crippen molar-refractivity contribution in [2.45, 2.75) is 12.5 Å². The summed E-state index contributed by atoms with van der Waals surface area (Å²) in [6.45, 7) is 3.59. The molecule has 1 atom stereocenters. The molecule has 0 aliphatic carbocycles. The van der Waals surface area contributed by atoms with E-state index >= 15 is 0 Å². The largest absolute Gasteiger partial charge is 0.380 e. The Balaban J connectivity index is 2.02. The Hall–Kier alpha value is -1.04. The van der Waals surface area contributed by atoms with E-state index in [1.165, 1.54) is 12.1 Å². The number of benzene rings is 1. The van der Waals surface area contributed by atoms with Gasteiger partial charge in [0.25, 0.3) is 0 Å². The van der Waals surface area contributed by atoms with Gasteiger partial charge in [-0.2, -0.15) is 0 Å². The van der Waals surface area contributed by atoms with Gasteiger partial charge < -0.3 is 10.5 Å². The van der Waals surface area contributed by atoms with Crippen LogP contribution in [-0.2, 0) is 4.74 Å². The third-order valence-corrected chi connectivity index (χ3v) is 3.15. The molecular formula is C13H18F2N2O. The van der Waals surface area contributed by atoms with Gasteiger partial charge in [0, 0.05) is 37.8 Å². The van der Waals surface area contributed by atoms with Gasteiger partial charge in [0.05, 0.1) is 6.61 Å². The van der Waals surface area contributed by atoms with Crippen molar-refractivity contribution in [2.24, 2.45) is 5.73 Å². The van der Waals surface area contributed by atoms with Crippen LogP contribution in [0.2, 0.25) is 0 Å². The van der Waals surface area contributed by atoms with Crippen LogP contribution >= 0.6 is 0 Å². The monoisotopic (exact) mass is 256 g/mol. The van der Waals surface area contributed by atoms with Gasteiger partial charge >= 0.3 is 0 Å². The Morgan fingerprint density at radius 3 is 2.94 bits per heavy atom. The highest BCUT2D eigenvalue weighted by Crippen LogP contribution is 2.18. The first-order chi connectivity index (χ1) is 8.68. The molecule has 1 aromatic carbocycles. The number of rotatable bonds is 3. The molecular weight excluding hydrogens is 238 g/mol. The zero-order chi connectivity index (χ0) is 13.0. The molecule has 1 fully saturated rings. The first-order valence-corrected chi connectivity index (χ1v) is 6.18. The Kier molecular flexibility index (Phi) is 4.63. The summed E-state index contributed by atoms with van der Waals surface area (Å²) in [4.78, 5) is 2.13. The second-order valence-corrected chi connectivity index (χ2v) is 4.52. The maximum atomic E-state index is 13.6. The van der Waals surface area contributed by atoms with E-state index in [1.54, 1.807) is 0 Å². The fourth-order valence-electron chi connectivity index (χ4n) is 2.16. The van der Waals surface area contributed by atoms with E-state index in [2.05, 4.69) is 4.90 Å². The normalized spacial score (nSPS) is 19.5. The van der Waals surface area contributed by atoms with E-state index in [0.717, 1.165) is 32.2 Å². The van der Waals surface area contributed by atoms with E-state index in [9.17, 15) is 8.78 Å². The number of nitrogens with two attached hydrogens (primary N) is 1. The average Bonchev–Trinajstić information content (AvgIpc) is 2.61. The number of nitrogens with zero attached hydrogens (tertiary/aromatic N) is 1. The molecule has 3 nitrogen and oxygen atoms in total. The maximum absolute atomic E-state index is 13.6. The molecule has 0 spiro atoms. The third-order valence-electron chi connectivity index (χ3n) is 3.15. The van der Waals surface area contributed by atoms with Crippen molar-refractivity contribution in [2.75, 3.05) is 32.8 Å². The topological polar surface area (TPSA) is 38.5 Å². The summed E-state index contributed by atoms with van der Waals surface area (Å²) in [6, 6.07) is 3.61. The summed E-state index contributed by atoms with van der Waals surface area (Å²) in [5.41, 5.74) is 6.19. The Morgan fingerprint density at radius 2 is 2.11 bits per heavy atom. The predicted octanol–water partition coefficient (Wildman–Crippen LogP) is 1.69. The fourth-order valence-corrected chi connectivity index (χ4v) is 2.16. The first kappa shape index (κ1) is 13.4. The van der Waals surface area contributed by atoms with Gasteiger partial charge in [-0.1, -0.05) is 12.1 Å². The molecule has 0 radical (unpaired) electrons. The van der Waals surface area contributed by atoms with E-state index in [1.807, 2.05) is 0 Å². The van der Waals surface area contributed by atoms with Gasteiger partial charge in [0.15, 0.2) is 11.6 Å². The lowest BCUT2D eigenvalue weighted by Crippen LogP contribution is -2.34. The number of ether oxygens (including phenoxy) is 1. The lowest BCUT2D eigenvalue weighted by molar-refractivity contribution is 0.140. The Labute approximate surface area is 106 Å². The van der Waals surface area contributed by atoms with Gasteiger partial charge in [0.1, 0.15) is 0 Å². The molecule has 0 amide bonds. The van der Waals surface area contributed by atoms with Crippen molar-refractivity contribution < 1.29 is 13.5 Å². The highest BCUT2D eigenvalue weighted by Gasteiger charge is 2.18. The summed E-state index contributed by atoms with van der Waals surface area (Å²) in [5, 5.41) is 0. The molecule has 2 rings (SSSR count). The van der Waals surface area contributed by atoms with Crippen molar-refractivity contribution in [3.8, 4) is 0 Å². The van der Waals surface area contributed by atoms with Gasteiger partial charge in [-0.15, -0.1) is 0 Å². The van der Waals surface area contributed by atoms with Crippen LogP contribution < -0.4 is 5.73 Å². The maximum Gasteiger partial charge on any atom is 0.163 e. The zero-order valence-electron chi connectivity index (χ0n) is 10.2. The highest BCUT2D eigenvalue weighted by atomic mass is 19.2. The van der Waals surface area contributed by atoms with Crippen molar-refractivity contribution in [1.82, 2.24) is 4.90 Å². The van der Waals surface area contributed by atoms with Crippen molar-refractivity contribution in [3.63, 3.8) is 0 Å². The molecule has 1 aliphatic heterocycles. The van der Waals surface area contributed by atoms with Gasteiger partial charge in [-0.05, 0) is 12.5 Å². The summed E-state index contributed by atoms with van der Waals surface area (Å²) < 4.78 is 32.0. The molecule has 5 heteroatoms. The molecule has 1 saturated heterocycles.